The van der Waals surface area contributed by atoms with E-state index in [0.717, 1.165) is 25.9 Å². The van der Waals surface area contributed by atoms with Gasteiger partial charge in [0.1, 0.15) is 0 Å². The number of non-ortho nitro benzene ring substituents is 1. The number of likely N-dealkylation sites (N-methyl/N-ethyl adjacent to an activating group) is 1. The zero-order valence-corrected chi connectivity index (χ0v) is 11.5. The van der Waals surface area contributed by atoms with Crippen LogP contribution in [0.5, 0.6) is 0 Å². The fourth-order valence-corrected chi connectivity index (χ4v) is 2.49. The Bertz CT molecular complexity index is 498. The first-order chi connectivity index (χ1) is 9.58. The number of nitrogens with zero attached hydrogens (tertiary/aromatic N) is 2. The van der Waals surface area contributed by atoms with Crippen molar-refractivity contribution in [3.8, 4) is 0 Å². The van der Waals surface area contributed by atoms with E-state index in [0.29, 0.717) is 18.2 Å². The van der Waals surface area contributed by atoms with Crippen molar-refractivity contribution in [2.45, 2.75) is 18.9 Å². The quantitative estimate of drug-likeness (QED) is 0.501. The summed E-state index contributed by atoms with van der Waals surface area (Å²) in [5, 5.41) is 14.0. The maximum Gasteiger partial charge on any atom is 0.270 e. The SMILES string of the molecule is CN(CC(=O)c1cccc([N+](=O)[O-])c1)C1CCNCC1. The number of carbonyl (C=O) groups excluding carboxylic acids is 1. The highest BCUT2D eigenvalue weighted by atomic mass is 16.6. The number of Topliss-reactive ketones (excluding diaryl/α,β-unsaturated/α-hetero) is 1. The van der Waals surface area contributed by atoms with E-state index in [9.17, 15) is 14.9 Å². The van der Waals surface area contributed by atoms with Crippen molar-refractivity contribution in [1.29, 1.82) is 0 Å². The van der Waals surface area contributed by atoms with Crippen LogP contribution in [0.4, 0.5) is 5.69 Å². The molecule has 1 aromatic carbocycles. The lowest BCUT2D eigenvalue weighted by atomic mass is 10.0. The molecule has 1 saturated heterocycles. The molecule has 0 amide bonds. The average molecular weight is 277 g/mol. The second kappa shape index (κ2) is 6.58. The smallest absolute Gasteiger partial charge is 0.270 e. The normalized spacial score (nSPS) is 16.3. The van der Waals surface area contributed by atoms with Crippen molar-refractivity contribution >= 4 is 11.5 Å². The van der Waals surface area contributed by atoms with Crippen LogP contribution in [-0.2, 0) is 0 Å². The van der Waals surface area contributed by atoms with Gasteiger partial charge in [0.25, 0.3) is 5.69 Å². The molecule has 0 saturated carbocycles. The average Bonchev–Trinajstić information content (AvgIpc) is 2.48. The third kappa shape index (κ3) is 3.61. The molecule has 0 aromatic heterocycles. The molecule has 0 spiro atoms. The number of hydrogen-bond acceptors (Lipinski definition) is 5. The van der Waals surface area contributed by atoms with Gasteiger partial charge in [-0.05, 0) is 33.0 Å². The number of nitro benzene ring substituents is 1. The molecule has 0 radical (unpaired) electrons. The molecule has 1 aromatic rings. The fraction of sp³-hybridized carbons (Fsp3) is 0.500. The van der Waals surface area contributed by atoms with Crippen molar-refractivity contribution in [2.24, 2.45) is 0 Å². The van der Waals surface area contributed by atoms with Crippen LogP contribution in [0.25, 0.3) is 0 Å². The van der Waals surface area contributed by atoms with Crippen LogP contribution in [0, 0.1) is 10.1 Å². The molecule has 6 nitrogen and oxygen atoms in total. The van der Waals surface area contributed by atoms with Crippen molar-refractivity contribution in [3.63, 3.8) is 0 Å². The van der Waals surface area contributed by atoms with E-state index < -0.39 is 4.92 Å². The highest BCUT2D eigenvalue weighted by Gasteiger charge is 2.20. The first kappa shape index (κ1) is 14.6. The Kier molecular flexibility index (Phi) is 4.81. The molecular formula is C14H19N3O3. The second-order valence-corrected chi connectivity index (χ2v) is 5.13. The summed E-state index contributed by atoms with van der Waals surface area (Å²) >= 11 is 0. The van der Waals surface area contributed by atoms with Gasteiger partial charge >= 0.3 is 0 Å². The molecule has 1 heterocycles. The van der Waals surface area contributed by atoms with Gasteiger partial charge in [0, 0.05) is 23.7 Å². The first-order valence-electron chi connectivity index (χ1n) is 6.76. The monoisotopic (exact) mass is 277 g/mol. The van der Waals surface area contributed by atoms with E-state index in [4.69, 9.17) is 0 Å². The van der Waals surface area contributed by atoms with Crippen LogP contribution in [0.15, 0.2) is 24.3 Å². The molecule has 0 atom stereocenters. The molecule has 108 valence electrons. The Morgan fingerprint density at radius 1 is 1.45 bits per heavy atom. The standard InChI is InChI=1S/C14H19N3O3/c1-16(12-5-7-15-8-6-12)10-14(18)11-3-2-4-13(9-11)17(19)20/h2-4,9,12,15H,5-8,10H2,1H3. The Morgan fingerprint density at radius 3 is 2.80 bits per heavy atom. The maximum absolute atomic E-state index is 12.2. The molecule has 1 aliphatic heterocycles. The first-order valence-corrected chi connectivity index (χ1v) is 6.76. The number of hydrogen-bond donors (Lipinski definition) is 1. The van der Waals surface area contributed by atoms with E-state index >= 15 is 0 Å². The number of benzene rings is 1. The molecule has 0 bridgehead atoms. The zero-order chi connectivity index (χ0) is 14.5. The van der Waals surface area contributed by atoms with Crippen molar-refractivity contribution < 1.29 is 9.72 Å². The largest absolute Gasteiger partial charge is 0.317 e. The molecule has 2 rings (SSSR count). The third-order valence-corrected chi connectivity index (χ3v) is 3.70. The minimum atomic E-state index is -0.479. The predicted octanol–water partition coefficient (Wildman–Crippen LogP) is 1.46. The van der Waals surface area contributed by atoms with Crippen LogP contribution in [0.3, 0.4) is 0 Å². The van der Waals surface area contributed by atoms with Crippen molar-refractivity contribution in [1.82, 2.24) is 10.2 Å². The summed E-state index contributed by atoms with van der Waals surface area (Å²) in [6, 6.07) is 6.33. The van der Waals surface area contributed by atoms with E-state index in [1.165, 1.54) is 12.1 Å². The molecule has 1 fully saturated rings. The van der Waals surface area contributed by atoms with Crippen LogP contribution < -0.4 is 5.32 Å². The number of nitrogens with one attached hydrogen (secondary N) is 1. The van der Waals surface area contributed by atoms with E-state index in [1.807, 2.05) is 11.9 Å². The number of carbonyl (C=O) groups is 1. The topological polar surface area (TPSA) is 75.5 Å². The molecule has 0 aliphatic carbocycles. The minimum Gasteiger partial charge on any atom is -0.317 e. The number of rotatable bonds is 5. The van der Waals surface area contributed by atoms with Crippen molar-refractivity contribution in [3.05, 3.63) is 39.9 Å². The molecule has 20 heavy (non-hydrogen) atoms. The summed E-state index contributed by atoms with van der Waals surface area (Å²) < 4.78 is 0. The van der Waals surface area contributed by atoms with Gasteiger partial charge in [0.15, 0.2) is 5.78 Å². The highest BCUT2D eigenvalue weighted by Crippen LogP contribution is 2.15. The van der Waals surface area contributed by atoms with Gasteiger partial charge in [0.2, 0.25) is 0 Å². The van der Waals surface area contributed by atoms with Gasteiger partial charge in [0.05, 0.1) is 11.5 Å². The Hall–Kier alpha value is -1.79. The summed E-state index contributed by atoms with van der Waals surface area (Å²) in [5.74, 6) is -0.0743. The maximum atomic E-state index is 12.2. The summed E-state index contributed by atoms with van der Waals surface area (Å²) in [5.41, 5.74) is 0.361. The van der Waals surface area contributed by atoms with Crippen molar-refractivity contribution in [2.75, 3.05) is 26.7 Å². The molecule has 1 N–H and O–H groups in total. The Labute approximate surface area is 117 Å². The van der Waals surface area contributed by atoms with E-state index in [-0.39, 0.29) is 11.5 Å². The van der Waals surface area contributed by atoms with Crippen LogP contribution in [0.2, 0.25) is 0 Å². The van der Waals surface area contributed by atoms with Gasteiger partial charge in [-0.2, -0.15) is 0 Å². The second-order valence-electron chi connectivity index (χ2n) is 5.13. The lowest BCUT2D eigenvalue weighted by Gasteiger charge is -2.31. The lowest BCUT2D eigenvalue weighted by Crippen LogP contribution is -2.43. The molecular weight excluding hydrogens is 258 g/mol. The predicted molar refractivity (Wildman–Crippen MR) is 75.9 cm³/mol. The minimum absolute atomic E-state index is 0.0413. The summed E-state index contributed by atoms with van der Waals surface area (Å²) in [4.78, 5) is 24.5. The summed E-state index contributed by atoms with van der Waals surface area (Å²) in [6.07, 6.45) is 2.05. The van der Waals surface area contributed by atoms with Crippen LogP contribution in [0.1, 0.15) is 23.2 Å². The summed E-state index contributed by atoms with van der Waals surface area (Å²) in [7, 11) is 1.94. The lowest BCUT2D eigenvalue weighted by molar-refractivity contribution is -0.384. The van der Waals surface area contributed by atoms with Crippen LogP contribution >= 0.6 is 0 Å². The van der Waals surface area contributed by atoms with E-state index in [1.54, 1.807) is 12.1 Å². The Morgan fingerprint density at radius 2 is 2.15 bits per heavy atom. The third-order valence-electron chi connectivity index (χ3n) is 3.70. The van der Waals surface area contributed by atoms with Gasteiger partial charge in [-0.1, -0.05) is 12.1 Å². The van der Waals surface area contributed by atoms with Gasteiger partial charge in [-0.3, -0.25) is 19.8 Å². The molecule has 0 unspecified atom stereocenters. The number of nitro groups is 1. The van der Waals surface area contributed by atoms with Gasteiger partial charge < -0.3 is 5.32 Å². The Balaban J connectivity index is 2.00. The molecule has 6 heteroatoms. The highest BCUT2D eigenvalue weighted by molar-refractivity contribution is 5.98. The van der Waals surface area contributed by atoms with Gasteiger partial charge in [-0.15, -0.1) is 0 Å². The number of piperidine rings is 1. The summed E-state index contributed by atoms with van der Waals surface area (Å²) in [6.45, 7) is 2.24. The van der Waals surface area contributed by atoms with E-state index in [2.05, 4.69) is 5.32 Å². The number of ketones is 1. The zero-order valence-electron chi connectivity index (χ0n) is 11.5. The molecule has 1 aliphatic rings. The van der Waals surface area contributed by atoms with Gasteiger partial charge in [-0.25, -0.2) is 0 Å². The van der Waals surface area contributed by atoms with Crippen LogP contribution in [-0.4, -0.2) is 48.3 Å². The fourth-order valence-electron chi connectivity index (χ4n) is 2.49.